The number of hydrogen-bond donors (Lipinski definition) is 1. The molecule has 0 bridgehead atoms. The van der Waals surface area contributed by atoms with E-state index in [4.69, 9.17) is 4.74 Å². The van der Waals surface area contributed by atoms with Gasteiger partial charge in [-0.05, 0) is 42.8 Å². The van der Waals surface area contributed by atoms with Crippen LogP contribution in [-0.4, -0.2) is 23.1 Å². The maximum atomic E-state index is 12.7. The number of esters is 1. The van der Waals surface area contributed by atoms with Crippen LogP contribution in [0.1, 0.15) is 29.3 Å². The molecule has 1 aromatic heterocycles. The summed E-state index contributed by atoms with van der Waals surface area (Å²) in [5, 5.41) is 2.45. The molecule has 1 amide bonds. The number of carbonyl (C=O) groups excluding carboxylic acids is 2. The van der Waals surface area contributed by atoms with Crippen molar-refractivity contribution in [1.29, 1.82) is 0 Å². The Morgan fingerprint density at radius 2 is 1.81 bits per heavy atom. The van der Waals surface area contributed by atoms with Gasteiger partial charge in [-0.2, -0.15) is 13.2 Å². The van der Waals surface area contributed by atoms with Gasteiger partial charge < -0.3 is 14.6 Å². The molecule has 0 aliphatic carbocycles. The average Bonchev–Trinajstić information content (AvgIpc) is 2.61. The number of carbonyl (C=O) groups is 2. The van der Waals surface area contributed by atoms with Gasteiger partial charge in [0.2, 0.25) is 5.91 Å². The number of halogens is 3. The normalized spacial score (nSPS) is 11.1. The molecule has 0 aliphatic heterocycles. The summed E-state index contributed by atoms with van der Waals surface area (Å²) >= 11 is 0. The molecule has 27 heavy (non-hydrogen) atoms. The van der Waals surface area contributed by atoms with Gasteiger partial charge in [0.15, 0.2) is 0 Å². The molecule has 144 valence electrons. The van der Waals surface area contributed by atoms with E-state index in [9.17, 15) is 27.6 Å². The molecule has 1 heterocycles. The van der Waals surface area contributed by atoms with Crippen LogP contribution in [0.5, 0.6) is 0 Å². The van der Waals surface area contributed by atoms with E-state index in [1.165, 1.54) is 24.3 Å². The molecule has 2 aromatic rings. The summed E-state index contributed by atoms with van der Waals surface area (Å²) in [4.78, 5) is 35.5. The van der Waals surface area contributed by atoms with Crippen LogP contribution in [0.2, 0.25) is 0 Å². The summed E-state index contributed by atoms with van der Waals surface area (Å²) in [6, 6.07) is 7.51. The van der Waals surface area contributed by atoms with Crippen LogP contribution in [-0.2, 0) is 22.3 Å². The molecule has 0 fully saturated rings. The molecule has 2 rings (SSSR count). The first-order valence-corrected chi connectivity index (χ1v) is 8.06. The number of pyridine rings is 1. The summed E-state index contributed by atoms with van der Waals surface area (Å²) < 4.78 is 43.9. The van der Waals surface area contributed by atoms with Crippen molar-refractivity contribution in [3.63, 3.8) is 0 Å². The van der Waals surface area contributed by atoms with Crippen molar-refractivity contribution in [2.45, 2.75) is 26.1 Å². The van der Waals surface area contributed by atoms with Crippen molar-refractivity contribution < 1.29 is 27.5 Å². The van der Waals surface area contributed by atoms with E-state index in [1.807, 2.05) is 6.92 Å². The summed E-state index contributed by atoms with van der Waals surface area (Å²) in [6.45, 7) is 1.58. The Bertz CT molecular complexity index is 873. The lowest BCUT2D eigenvalue weighted by molar-refractivity contribution is -0.139. The fourth-order valence-electron chi connectivity index (χ4n) is 2.20. The Labute approximate surface area is 152 Å². The van der Waals surface area contributed by atoms with Crippen LogP contribution in [0.3, 0.4) is 0 Å². The lowest BCUT2D eigenvalue weighted by atomic mass is 10.2. The predicted octanol–water partition coefficient (Wildman–Crippen LogP) is 3.07. The fourth-order valence-corrected chi connectivity index (χ4v) is 2.20. The van der Waals surface area contributed by atoms with Gasteiger partial charge in [0.1, 0.15) is 12.1 Å². The summed E-state index contributed by atoms with van der Waals surface area (Å²) in [6.07, 6.45) is -3.00. The smallest absolute Gasteiger partial charge is 0.421 e. The predicted molar refractivity (Wildman–Crippen MR) is 91.3 cm³/mol. The van der Waals surface area contributed by atoms with Crippen LogP contribution in [0.15, 0.2) is 47.4 Å². The molecular formula is C18H17F3N2O4. The molecule has 0 saturated heterocycles. The summed E-state index contributed by atoms with van der Waals surface area (Å²) in [5.41, 5.74) is -2.01. The van der Waals surface area contributed by atoms with Gasteiger partial charge in [-0.15, -0.1) is 0 Å². The maximum Gasteiger partial charge on any atom is 0.421 e. The lowest BCUT2D eigenvalue weighted by Gasteiger charge is -2.11. The van der Waals surface area contributed by atoms with E-state index in [2.05, 4.69) is 5.32 Å². The van der Waals surface area contributed by atoms with E-state index < -0.39 is 35.7 Å². The molecule has 1 N–H and O–H groups in total. The van der Waals surface area contributed by atoms with E-state index in [0.717, 1.165) is 12.3 Å². The number of alkyl halides is 3. The van der Waals surface area contributed by atoms with Crippen molar-refractivity contribution >= 4 is 17.6 Å². The van der Waals surface area contributed by atoms with Crippen molar-refractivity contribution in [2.75, 3.05) is 11.9 Å². The highest BCUT2D eigenvalue weighted by Crippen LogP contribution is 2.25. The number of aromatic nitrogens is 1. The van der Waals surface area contributed by atoms with Crippen molar-refractivity contribution in [2.24, 2.45) is 0 Å². The zero-order valence-corrected chi connectivity index (χ0v) is 14.4. The Morgan fingerprint density at radius 3 is 2.41 bits per heavy atom. The van der Waals surface area contributed by atoms with E-state index in [0.29, 0.717) is 34.9 Å². The Morgan fingerprint density at radius 1 is 1.15 bits per heavy atom. The monoisotopic (exact) mass is 382 g/mol. The number of rotatable bonds is 6. The minimum Gasteiger partial charge on any atom is -0.462 e. The second-order valence-electron chi connectivity index (χ2n) is 5.61. The number of hydrogen-bond acceptors (Lipinski definition) is 4. The highest BCUT2D eigenvalue weighted by molar-refractivity contribution is 5.93. The molecule has 0 aliphatic rings. The van der Waals surface area contributed by atoms with Crippen LogP contribution in [0, 0.1) is 0 Å². The van der Waals surface area contributed by atoms with Gasteiger partial charge in [0, 0.05) is 11.9 Å². The van der Waals surface area contributed by atoms with Crippen molar-refractivity contribution in [1.82, 2.24) is 4.57 Å². The van der Waals surface area contributed by atoms with Gasteiger partial charge in [-0.1, -0.05) is 6.92 Å². The van der Waals surface area contributed by atoms with Crippen LogP contribution in [0.25, 0.3) is 0 Å². The first kappa shape index (κ1) is 20.2. The lowest BCUT2D eigenvalue weighted by Crippen LogP contribution is -2.31. The average molecular weight is 382 g/mol. The molecule has 1 aromatic carbocycles. The largest absolute Gasteiger partial charge is 0.462 e. The molecule has 0 radical (unpaired) electrons. The third kappa shape index (κ3) is 5.44. The number of anilines is 1. The molecule has 0 atom stereocenters. The van der Waals surface area contributed by atoms with Crippen LogP contribution in [0.4, 0.5) is 18.9 Å². The molecule has 0 unspecified atom stereocenters. The maximum absolute atomic E-state index is 12.7. The van der Waals surface area contributed by atoms with Crippen LogP contribution < -0.4 is 10.9 Å². The summed E-state index contributed by atoms with van der Waals surface area (Å²) in [5.74, 6) is -1.18. The minimum absolute atomic E-state index is 0.295. The van der Waals surface area contributed by atoms with E-state index in [1.54, 1.807) is 0 Å². The quantitative estimate of drug-likeness (QED) is 0.779. The number of ether oxygens (including phenoxy) is 1. The van der Waals surface area contributed by atoms with Gasteiger partial charge in [0.25, 0.3) is 5.56 Å². The number of nitrogens with zero attached hydrogens (tertiary/aromatic N) is 1. The zero-order valence-electron chi connectivity index (χ0n) is 14.4. The first-order valence-electron chi connectivity index (χ1n) is 8.06. The second kappa shape index (κ2) is 8.52. The third-order valence-electron chi connectivity index (χ3n) is 3.48. The van der Waals surface area contributed by atoms with Gasteiger partial charge >= 0.3 is 12.1 Å². The number of nitrogens with one attached hydrogen (secondary N) is 1. The molecule has 0 spiro atoms. The molecule has 6 nitrogen and oxygen atoms in total. The first-order chi connectivity index (χ1) is 12.7. The topological polar surface area (TPSA) is 77.4 Å². The number of benzene rings is 1. The molecular weight excluding hydrogens is 365 g/mol. The summed E-state index contributed by atoms with van der Waals surface area (Å²) in [7, 11) is 0. The fraction of sp³-hybridized carbons (Fsp3) is 0.278. The highest BCUT2D eigenvalue weighted by atomic mass is 19.4. The van der Waals surface area contributed by atoms with E-state index >= 15 is 0 Å². The Balaban J connectivity index is 2.04. The van der Waals surface area contributed by atoms with E-state index in [-0.39, 0.29) is 0 Å². The second-order valence-corrected chi connectivity index (χ2v) is 5.61. The van der Waals surface area contributed by atoms with Gasteiger partial charge in [0.05, 0.1) is 12.2 Å². The Kier molecular flexibility index (Phi) is 6.38. The minimum atomic E-state index is -4.79. The zero-order chi connectivity index (χ0) is 20.0. The Hall–Kier alpha value is -3.10. The van der Waals surface area contributed by atoms with Crippen LogP contribution >= 0.6 is 0 Å². The number of amides is 1. The molecule has 9 heteroatoms. The third-order valence-corrected chi connectivity index (χ3v) is 3.48. The van der Waals surface area contributed by atoms with Gasteiger partial charge in [-0.3, -0.25) is 9.59 Å². The van der Waals surface area contributed by atoms with Crippen molar-refractivity contribution in [3.05, 3.63) is 64.1 Å². The van der Waals surface area contributed by atoms with Crippen molar-refractivity contribution in [3.8, 4) is 0 Å². The standard InChI is InChI=1S/C18H17F3N2O4/c1-2-10-27-17(26)12-5-7-13(8-6-12)22-15(24)11-23-9-3-4-14(16(23)25)18(19,20)21/h3-9H,2,10-11H2,1H3,(H,22,24). The van der Waals surface area contributed by atoms with Gasteiger partial charge in [-0.25, -0.2) is 4.79 Å². The SMILES string of the molecule is CCCOC(=O)c1ccc(NC(=O)Cn2cccc(C(F)(F)F)c2=O)cc1. The molecule has 0 saturated carbocycles. The highest BCUT2D eigenvalue weighted by Gasteiger charge is 2.34.